The van der Waals surface area contributed by atoms with Gasteiger partial charge in [-0.05, 0) is 31.4 Å². The monoisotopic (exact) mass is 304 g/mol. The van der Waals surface area contributed by atoms with Crippen LogP contribution < -0.4 is 11.0 Å². The Balaban J connectivity index is 2.19. The number of aromatic nitrogens is 2. The molecule has 0 atom stereocenters. The van der Waals surface area contributed by atoms with Crippen LogP contribution in [-0.4, -0.2) is 14.7 Å². The van der Waals surface area contributed by atoms with E-state index in [0.29, 0.717) is 5.41 Å². The molecule has 0 saturated heterocycles. The number of quaternary nitrogens is 1. The van der Waals surface area contributed by atoms with Crippen LogP contribution in [0.3, 0.4) is 0 Å². The molecule has 0 fully saturated rings. The Kier molecular flexibility index (Phi) is 4.26. The van der Waals surface area contributed by atoms with Crippen molar-refractivity contribution < 1.29 is 5.32 Å². The second kappa shape index (κ2) is 5.58. The molecule has 0 aliphatic rings. The molecule has 0 aliphatic carbocycles. The Hall–Kier alpha value is -1.55. The number of fused-ring (bicyclic) bond motifs is 1. The predicted molar refractivity (Wildman–Crippen MR) is 91.9 cm³/mol. The summed E-state index contributed by atoms with van der Waals surface area (Å²) in [4.78, 5) is 12.0. The van der Waals surface area contributed by atoms with Crippen molar-refractivity contribution in [2.24, 2.45) is 19.5 Å². The van der Waals surface area contributed by atoms with Gasteiger partial charge in [0.25, 0.3) is 0 Å². The lowest BCUT2D eigenvalue weighted by atomic mass is 9.82. The Morgan fingerprint density at radius 2 is 1.59 bits per heavy atom. The zero-order valence-corrected chi connectivity index (χ0v) is 15.0. The number of imidazole rings is 1. The highest BCUT2D eigenvalue weighted by atomic mass is 16.1. The van der Waals surface area contributed by atoms with Crippen molar-refractivity contribution in [3.05, 3.63) is 34.2 Å². The zero-order chi connectivity index (χ0) is 16.7. The molecule has 2 rings (SSSR count). The topological polar surface area (TPSA) is 43.5 Å². The van der Waals surface area contributed by atoms with E-state index in [2.05, 4.69) is 58.1 Å². The molecule has 122 valence electrons. The highest BCUT2D eigenvalue weighted by Crippen LogP contribution is 2.24. The van der Waals surface area contributed by atoms with Crippen LogP contribution >= 0.6 is 0 Å². The third kappa shape index (κ3) is 3.61. The summed E-state index contributed by atoms with van der Waals surface area (Å²) >= 11 is 0. The van der Waals surface area contributed by atoms with E-state index in [9.17, 15) is 4.79 Å². The first-order valence-electron chi connectivity index (χ1n) is 7.99. The maximum absolute atomic E-state index is 12.0. The van der Waals surface area contributed by atoms with Crippen molar-refractivity contribution >= 4 is 11.0 Å². The number of nitrogens with zero attached hydrogens (tertiary/aromatic N) is 2. The van der Waals surface area contributed by atoms with Crippen LogP contribution in [0.5, 0.6) is 0 Å². The SMILES string of the molecule is Cn1c(=O)n(C)c2cc(C[NH2+]C(C)(C)CC(C)(C)C)ccc21. The average molecular weight is 304 g/mol. The van der Waals surface area contributed by atoms with E-state index >= 15 is 0 Å². The van der Waals surface area contributed by atoms with Crippen molar-refractivity contribution in [1.29, 1.82) is 0 Å². The first-order valence-corrected chi connectivity index (χ1v) is 7.99. The van der Waals surface area contributed by atoms with Gasteiger partial charge in [-0.2, -0.15) is 0 Å². The molecule has 0 aliphatic heterocycles. The molecule has 0 bridgehead atoms. The fourth-order valence-corrected chi connectivity index (χ4v) is 3.51. The number of rotatable bonds is 4. The molecule has 22 heavy (non-hydrogen) atoms. The van der Waals surface area contributed by atoms with Gasteiger partial charge in [0.2, 0.25) is 0 Å². The summed E-state index contributed by atoms with van der Waals surface area (Å²) in [6.07, 6.45) is 1.16. The van der Waals surface area contributed by atoms with Gasteiger partial charge in [0.05, 0.1) is 16.6 Å². The van der Waals surface area contributed by atoms with Gasteiger partial charge in [0, 0.05) is 26.1 Å². The minimum absolute atomic E-state index is 0.0317. The Labute approximate surface area is 133 Å². The van der Waals surface area contributed by atoms with Gasteiger partial charge >= 0.3 is 5.69 Å². The molecule has 4 nitrogen and oxygen atoms in total. The fraction of sp³-hybridized carbons (Fsp3) is 0.611. The van der Waals surface area contributed by atoms with Crippen molar-refractivity contribution in [3.8, 4) is 0 Å². The number of benzene rings is 1. The van der Waals surface area contributed by atoms with Gasteiger partial charge in [-0.25, -0.2) is 4.79 Å². The molecular weight excluding hydrogens is 274 g/mol. The molecule has 1 aromatic carbocycles. The lowest BCUT2D eigenvalue weighted by Crippen LogP contribution is -2.94. The maximum atomic E-state index is 12.0. The lowest BCUT2D eigenvalue weighted by molar-refractivity contribution is -0.737. The average Bonchev–Trinajstić information content (AvgIpc) is 2.59. The molecule has 4 heteroatoms. The summed E-state index contributed by atoms with van der Waals surface area (Å²) in [5, 5.41) is 2.40. The first-order chi connectivity index (χ1) is 10.0. The Bertz CT molecular complexity index is 729. The molecular formula is C18H30N3O+. The van der Waals surface area contributed by atoms with E-state index in [0.717, 1.165) is 24.0 Å². The Morgan fingerprint density at radius 3 is 2.18 bits per heavy atom. The smallest absolute Gasteiger partial charge is 0.328 e. The molecule has 0 saturated carbocycles. The quantitative estimate of drug-likeness (QED) is 0.924. The van der Waals surface area contributed by atoms with E-state index in [1.165, 1.54) is 5.56 Å². The summed E-state index contributed by atoms with van der Waals surface area (Å²) in [6, 6.07) is 6.32. The van der Waals surface area contributed by atoms with Crippen LogP contribution in [0.2, 0.25) is 0 Å². The summed E-state index contributed by atoms with van der Waals surface area (Å²) in [6.45, 7) is 12.4. The van der Waals surface area contributed by atoms with Crippen LogP contribution in [0.15, 0.2) is 23.0 Å². The van der Waals surface area contributed by atoms with Crippen LogP contribution in [0.25, 0.3) is 11.0 Å². The third-order valence-electron chi connectivity index (χ3n) is 4.21. The number of nitrogens with two attached hydrogens (primary N) is 1. The van der Waals surface area contributed by atoms with Gasteiger partial charge in [0.1, 0.15) is 6.54 Å². The van der Waals surface area contributed by atoms with Gasteiger partial charge in [-0.1, -0.05) is 26.8 Å². The number of aryl methyl sites for hydroxylation is 2. The van der Waals surface area contributed by atoms with Crippen molar-refractivity contribution in [1.82, 2.24) is 9.13 Å². The zero-order valence-electron chi connectivity index (χ0n) is 15.0. The van der Waals surface area contributed by atoms with Crippen molar-refractivity contribution in [2.75, 3.05) is 0 Å². The van der Waals surface area contributed by atoms with Crippen LogP contribution in [0.4, 0.5) is 0 Å². The van der Waals surface area contributed by atoms with Gasteiger partial charge in [-0.15, -0.1) is 0 Å². The van der Waals surface area contributed by atoms with Gasteiger partial charge < -0.3 is 5.32 Å². The van der Waals surface area contributed by atoms with E-state index in [4.69, 9.17) is 0 Å². The Morgan fingerprint density at radius 1 is 1.00 bits per heavy atom. The van der Waals surface area contributed by atoms with Crippen LogP contribution in [0, 0.1) is 5.41 Å². The molecule has 0 radical (unpaired) electrons. The summed E-state index contributed by atoms with van der Waals surface area (Å²) in [5.74, 6) is 0. The molecule has 2 N–H and O–H groups in total. The lowest BCUT2D eigenvalue weighted by Gasteiger charge is -2.30. The molecule has 1 heterocycles. The van der Waals surface area contributed by atoms with Crippen LogP contribution in [-0.2, 0) is 20.6 Å². The molecule has 0 amide bonds. The summed E-state index contributed by atoms with van der Waals surface area (Å²) in [5.41, 5.74) is 3.82. The first kappa shape index (κ1) is 16.8. The second-order valence-corrected chi connectivity index (χ2v) is 8.36. The standard InChI is InChI=1S/C18H29N3O/c1-17(2,3)12-18(4,5)19-11-13-8-9-14-15(10-13)21(7)16(22)20(14)6/h8-10,19H,11-12H2,1-7H3/p+1. The second-order valence-electron chi connectivity index (χ2n) is 8.36. The normalized spacial score (nSPS) is 13.0. The van der Waals surface area contributed by atoms with Gasteiger partial charge in [0.15, 0.2) is 0 Å². The molecule has 2 aromatic rings. The van der Waals surface area contributed by atoms with E-state index < -0.39 is 0 Å². The summed E-state index contributed by atoms with van der Waals surface area (Å²) < 4.78 is 3.42. The van der Waals surface area contributed by atoms with Crippen molar-refractivity contribution in [2.45, 2.75) is 53.1 Å². The van der Waals surface area contributed by atoms with E-state index in [1.807, 2.05) is 14.1 Å². The highest BCUT2D eigenvalue weighted by molar-refractivity contribution is 5.76. The number of hydrogen-bond acceptors (Lipinski definition) is 1. The minimum Gasteiger partial charge on any atom is -0.338 e. The molecule has 0 unspecified atom stereocenters. The minimum atomic E-state index is 0.0317. The third-order valence-corrected chi connectivity index (χ3v) is 4.21. The van der Waals surface area contributed by atoms with Crippen LogP contribution in [0.1, 0.15) is 46.6 Å². The van der Waals surface area contributed by atoms with E-state index in [-0.39, 0.29) is 11.2 Å². The predicted octanol–water partition coefficient (Wildman–Crippen LogP) is 2.16. The van der Waals surface area contributed by atoms with Gasteiger partial charge in [-0.3, -0.25) is 9.13 Å². The molecule has 0 spiro atoms. The largest absolute Gasteiger partial charge is 0.338 e. The maximum Gasteiger partial charge on any atom is 0.328 e. The highest BCUT2D eigenvalue weighted by Gasteiger charge is 2.28. The van der Waals surface area contributed by atoms with Crippen molar-refractivity contribution in [3.63, 3.8) is 0 Å². The molecule has 1 aromatic heterocycles. The summed E-state index contributed by atoms with van der Waals surface area (Å²) in [7, 11) is 3.66. The number of hydrogen-bond donors (Lipinski definition) is 1. The fourth-order valence-electron chi connectivity index (χ4n) is 3.51. The van der Waals surface area contributed by atoms with E-state index in [1.54, 1.807) is 9.13 Å².